The standard InChI is InChI=1S/C18H20F3N5O/c1-2-22-18(24-10-8-12-5-3-4-9-23-12)25-11-15(27)26-14-7-6-13(19)16(20)17(14)21/h3-7,9H,2,8,10-11H2,1H3,(H,26,27)(H2,22,24,25). The number of rotatable bonds is 7. The fourth-order valence-electron chi connectivity index (χ4n) is 2.16. The molecule has 0 saturated carbocycles. The van der Waals surface area contributed by atoms with Crippen LogP contribution in [-0.4, -0.2) is 36.5 Å². The molecule has 2 aromatic rings. The summed E-state index contributed by atoms with van der Waals surface area (Å²) in [7, 11) is 0. The number of carbonyl (C=O) groups is 1. The van der Waals surface area contributed by atoms with Crippen LogP contribution in [0.3, 0.4) is 0 Å². The third kappa shape index (κ3) is 6.28. The largest absolute Gasteiger partial charge is 0.357 e. The summed E-state index contributed by atoms with van der Waals surface area (Å²) in [6.07, 6.45) is 2.37. The van der Waals surface area contributed by atoms with Gasteiger partial charge < -0.3 is 16.0 Å². The minimum absolute atomic E-state index is 0.322. The second kappa shape index (κ2) is 10.1. The van der Waals surface area contributed by atoms with Gasteiger partial charge in [-0.15, -0.1) is 0 Å². The lowest BCUT2D eigenvalue weighted by molar-refractivity contribution is -0.114. The molecule has 27 heavy (non-hydrogen) atoms. The van der Waals surface area contributed by atoms with E-state index < -0.39 is 29.0 Å². The highest BCUT2D eigenvalue weighted by Gasteiger charge is 2.15. The van der Waals surface area contributed by atoms with Gasteiger partial charge in [0.1, 0.15) is 6.54 Å². The molecule has 0 radical (unpaired) electrons. The highest BCUT2D eigenvalue weighted by Crippen LogP contribution is 2.19. The fourth-order valence-corrected chi connectivity index (χ4v) is 2.16. The van der Waals surface area contributed by atoms with E-state index in [2.05, 4.69) is 25.9 Å². The number of nitrogens with zero attached hydrogens (tertiary/aromatic N) is 2. The minimum atomic E-state index is -1.64. The zero-order chi connectivity index (χ0) is 19.6. The summed E-state index contributed by atoms with van der Waals surface area (Å²) in [5.74, 6) is -4.68. The maximum Gasteiger partial charge on any atom is 0.246 e. The molecule has 9 heteroatoms. The first kappa shape index (κ1) is 20.2. The number of aromatic nitrogens is 1. The Morgan fingerprint density at radius 1 is 1.11 bits per heavy atom. The molecule has 2 rings (SSSR count). The number of aliphatic imine (C=N–C) groups is 1. The molecule has 1 aromatic heterocycles. The molecule has 0 fully saturated rings. The van der Waals surface area contributed by atoms with Gasteiger partial charge in [-0.25, -0.2) is 18.2 Å². The normalized spacial score (nSPS) is 11.2. The van der Waals surface area contributed by atoms with Gasteiger partial charge in [-0.2, -0.15) is 0 Å². The van der Waals surface area contributed by atoms with E-state index in [4.69, 9.17) is 0 Å². The van der Waals surface area contributed by atoms with Crippen LogP contribution in [0.4, 0.5) is 18.9 Å². The van der Waals surface area contributed by atoms with Crippen molar-refractivity contribution in [2.24, 2.45) is 4.99 Å². The second-order valence-corrected chi connectivity index (χ2v) is 5.46. The van der Waals surface area contributed by atoms with Crippen molar-refractivity contribution >= 4 is 17.6 Å². The number of benzene rings is 1. The summed E-state index contributed by atoms with van der Waals surface area (Å²) in [5, 5.41) is 8.19. The average molecular weight is 379 g/mol. The summed E-state index contributed by atoms with van der Waals surface area (Å²) < 4.78 is 39.7. The molecule has 0 aliphatic heterocycles. The van der Waals surface area contributed by atoms with Gasteiger partial charge in [0.2, 0.25) is 5.91 Å². The highest BCUT2D eigenvalue weighted by molar-refractivity contribution is 5.94. The lowest BCUT2D eigenvalue weighted by Crippen LogP contribution is -2.39. The van der Waals surface area contributed by atoms with Crippen molar-refractivity contribution in [2.75, 3.05) is 25.0 Å². The lowest BCUT2D eigenvalue weighted by atomic mass is 10.2. The SMILES string of the molecule is CCNC(=NCC(=O)Nc1ccc(F)c(F)c1F)NCCc1ccccn1. The molecule has 0 saturated heterocycles. The number of anilines is 1. The van der Waals surface area contributed by atoms with Crippen LogP contribution in [-0.2, 0) is 11.2 Å². The van der Waals surface area contributed by atoms with E-state index in [0.29, 0.717) is 25.5 Å². The topological polar surface area (TPSA) is 78.4 Å². The summed E-state index contributed by atoms with van der Waals surface area (Å²) in [5.41, 5.74) is 0.467. The van der Waals surface area contributed by atoms with E-state index in [9.17, 15) is 18.0 Å². The Morgan fingerprint density at radius 3 is 2.63 bits per heavy atom. The smallest absolute Gasteiger partial charge is 0.246 e. The van der Waals surface area contributed by atoms with Crippen molar-refractivity contribution in [2.45, 2.75) is 13.3 Å². The van der Waals surface area contributed by atoms with Crippen LogP contribution < -0.4 is 16.0 Å². The Labute approximate surface area is 154 Å². The third-order valence-electron chi connectivity index (χ3n) is 3.43. The summed E-state index contributed by atoms with van der Waals surface area (Å²) in [6, 6.07) is 7.31. The predicted molar refractivity (Wildman–Crippen MR) is 96.9 cm³/mol. The number of nitrogens with one attached hydrogen (secondary N) is 3. The maximum atomic E-state index is 13.6. The third-order valence-corrected chi connectivity index (χ3v) is 3.43. The van der Waals surface area contributed by atoms with Crippen molar-refractivity contribution in [3.63, 3.8) is 0 Å². The van der Waals surface area contributed by atoms with Gasteiger partial charge in [-0.3, -0.25) is 9.78 Å². The van der Waals surface area contributed by atoms with Gasteiger partial charge in [0.25, 0.3) is 0 Å². The molecule has 0 bridgehead atoms. The maximum absolute atomic E-state index is 13.6. The van der Waals surface area contributed by atoms with Crippen molar-refractivity contribution in [3.8, 4) is 0 Å². The van der Waals surface area contributed by atoms with Crippen LogP contribution in [0.5, 0.6) is 0 Å². The number of hydrogen-bond donors (Lipinski definition) is 3. The van der Waals surface area contributed by atoms with Crippen LogP contribution in [0.2, 0.25) is 0 Å². The summed E-state index contributed by atoms with van der Waals surface area (Å²) in [6.45, 7) is 2.67. The van der Waals surface area contributed by atoms with E-state index in [1.54, 1.807) is 6.20 Å². The molecular formula is C18H20F3N5O. The Kier molecular flexibility index (Phi) is 7.60. The summed E-state index contributed by atoms with van der Waals surface area (Å²) in [4.78, 5) is 20.2. The van der Waals surface area contributed by atoms with Gasteiger partial charge in [-0.05, 0) is 31.2 Å². The molecule has 3 N–H and O–H groups in total. The molecule has 0 aliphatic rings. The summed E-state index contributed by atoms with van der Waals surface area (Å²) >= 11 is 0. The first-order valence-electron chi connectivity index (χ1n) is 8.36. The number of carbonyl (C=O) groups excluding carboxylic acids is 1. The molecular weight excluding hydrogens is 359 g/mol. The van der Waals surface area contributed by atoms with Crippen LogP contribution in [0.15, 0.2) is 41.5 Å². The molecule has 1 aromatic carbocycles. The zero-order valence-electron chi connectivity index (χ0n) is 14.7. The highest BCUT2D eigenvalue weighted by atomic mass is 19.2. The second-order valence-electron chi connectivity index (χ2n) is 5.46. The predicted octanol–water partition coefficient (Wildman–Crippen LogP) is 2.24. The van der Waals surface area contributed by atoms with E-state index in [0.717, 1.165) is 17.8 Å². The Morgan fingerprint density at radius 2 is 1.93 bits per heavy atom. The van der Waals surface area contributed by atoms with Gasteiger partial charge in [-0.1, -0.05) is 6.07 Å². The Bertz CT molecular complexity index is 799. The van der Waals surface area contributed by atoms with E-state index in [-0.39, 0.29) is 6.54 Å². The van der Waals surface area contributed by atoms with Crippen molar-refractivity contribution in [3.05, 3.63) is 59.7 Å². The van der Waals surface area contributed by atoms with Crippen molar-refractivity contribution in [1.29, 1.82) is 0 Å². The Hall–Kier alpha value is -3.10. The quantitative estimate of drug-likeness (QED) is 0.392. The van der Waals surface area contributed by atoms with E-state index >= 15 is 0 Å². The van der Waals surface area contributed by atoms with Gasteiger partial charge in [0.05, 0.1) is 5.69 Å². The van der Waals surface area contributed by atoms with Gasteiger partial charge >= 0.3 is 0 Å². The van der Waals surface area contributed by atoms with Crippen molar-refractivity contribution in [1.82, 2.24) is 15.6 Å². The zero-order valence-corrected chi connectivity index (χ0v) is 14.7. The fraction of sp³-hybridized carbons (Fsp3) is 0.278. The first-order chi connectivity index (χ1) is 13.0. The molecule has 1 amide bonds. The van der Waals surface area contributed by atoms with Crippen LogP contribution in [0.25, 0.3) is 0 Å². The van der Waals surface area contributed by atoms with E-state index in [1.807, 2.05) is 25.1 Å². The average Bonchev–Trinajstić information content (AvgIpc) is 2.67. The Balaban J connectivity index is 1.89. The lowest BCUT2D eigenvalue weighted by Gasteiger charge is -2.11. The first-order valence-corrected chi connectivity index (χ1v) is 8.36. The van der Waals surface area contributed by atoms with E-state index in [1.165, 1.54) is 0 Å². The number of guanidine groups is 1. The molecule has 0 aliphatic carbocycles. The van der Waals surface area contributed by atoms with Gasteiger partial charge in [0, 0.05) is 31.4 Å². The number of pyridine rings is 1. The number of amides is 1. The molecule has 0 spiro atoms. The molecule has 0 unspecified atom stereocenters. The molecule has 0 atom stereocenters. The molecule has 1 heterocycles. The molecule has 6 nitrogen and oxygen atoms in total. The van der Waals surface area contributed by atoms with Crippen molar-refractivity contribution < 1.29 is 18.0 Å². The molecule has 144 valence electrons. The number of halogens is 3. The monoisotopic (exact) mass is 379 g/mol. The van der Waals surface area contributed by atoms with Crippen LogP contribution in [0.1, 0.15) is 12.6 Å². The minimum Gasteiger partial charge on any atom is -0.357 e. The number of hydrogen-bond acceptors (Lipinski definition) is 3. The van der Waals surface area contributed by atoms with Crippen LogP contribution >= 0.6 is 0 Å². The van der Waals surface area contributed by atoms with Gasteiger partial charge in [0.15, 0.2) is 23.4 Å². The van der Waals surface area contributed by atoms with Crippen LogP contribution in [0, 0.1) is 17.5 Å².